The number of hydrogen-bond donors (Lipinski definition) is 0. The van der Waals surface area contributed by atoms with Gasteiger partial charge in [0.2, 0.25) is 11.8 Å². The molecule has 33 heavy (non-hydrogen) atoms. The molecule has 1 aromatic heterocycles. The second-order valence-electron chi connectivity index (χ2n) is 9.75. The Bertz CT molecular complexity index is 1140. The summed E-state index contributed by atoms with van der Waals surface area (Å²) in [5.74, 6) is 1.14. The Morgan fingerprint density at radius 2 is 1.85 bits per heavy atom. The molecule has 6 heteroatoms. The van der Waals surface area contributed by atoms with Crippen LogP contribution in [0.1, 0.15) is 56.0 Å². The van der Waals surface area contributed by atoms with E-state index in [1.165, 1.54) is 0 Å². The Morgan fingerprint density at radius 1 is 1.09 bits per heavy atom. The van der Waals surface area contributed by atoms with Gasteiger partial charge in [0, 0.05) is 32.5 Å². The van der Waals surface area contributed by atoms with Crippen LogP contribution in [0.3, 0.4) is 0 Å². The maximum atomic E-state index is 13.8. The first-order chi connectivity index (χ1) is 16.0. The van der Waals surface area contributed by atoms with Crippen LogP contribution < -0.4 is 0 Å². The van der Waals surface area contributed by atoms with E-state index in [1.54, 1.807) is 0 Å². The smallest absolute Gasteiger partial charge is 0.245 e. The standard InChI is InChI=1S/C27H31N3O3/c1-18(2)14-25(31)30-17-20-9-4-3-8-19(20)15-23(30)27(32)29-13-7-10-21(16-29)26-28-22-11-5-6-12-24(22)33-26/h3-6,8-9,11-12,18,21,23H,7,10,13-17H2,1-2H3. The molecule has 172 valence electrons. The fourth-order valence-electron chi connectivity index (χ4n) is 5.13. The van der Waals surface area contributed by atoms with E-state index >= 15 is 0 Å². The number of benzene rings is 2. The third-order valence-electron chi connectivity index (χ3n) is 6.83. The van der Waals surface area contributed by atoms with Gasteiger partial charge in [-0.2, -0.15) is 0 Å². The van der Waals surface area contributed by atoms with Crippen molar-refractivity contribution in [3.8, 4) is 0 Å². The zero-order valence-electron chi connectivity index (χ0n) is 19.4. The third-order valence-corrected chi connectivity index (χ3v) is 6.83. The fraction of sp³-hybridized carbons (Fsp3) is 0.444. The topological polar surface area (TPSA) is 66.7 Å². The molecular formula is C27H31N3O3. The van der Waals surface area contributed by atoms with Gasteiger partial charge in [0.1, 0.15) is 11.6 Å². The van der Waals surface area contributed by atoms with Crippen LogP contribution in [0.5, 0.6) is 0 Å². The Morgan fingerprint density at radius 3 is 2.64 bits per heavy atom. The van der Waals surface area contributed by atoms with Crippen molar-refractivity contribution in [3.63, 3.8) is 0 Å². The summed E-state index contributed by atoms with van der Waals surface area (Å²) in [5, 5.41) is 0. The number of aromatic nitrogens is 1. The van der Waals surface area contributed by atoms with Crippen LogP contribution in [0.25, 0.3) is 11.1 Å². The van der Waals surface area contributed by atoms with Gasteiger partial charge in [-0.3, -0.25) is 9.59 Å². The summed E-state index contributed by atoms with van der Waals surface area (Å²) in [4.78, 5) is 35.3. The summed E-state index contributed by atoms with van der Waals surface area (Å²) < 4.78 is 6.02. The van der Waals surface area contributed by atoms with E-state index in [1.807, 2.05) is 60.0 Å². The summed E-state index contributed by atoms with van der Waals surface area (Å²) in [5.41, 5.74) is 3.94. The Balaban J connectivity index is 1.38. The Hall–Kier alpha value is -3.15. The van der Waals surface area contributed by atoms with Gasteiger partial charge < -0.3 is 14.2 Å². The number of oxazole rings is 1. The molecule has 3 heterocycles. The zero-order valence-corrected chi connectivity index (χ0v) is 19.4. The minimum Gasteiger partial charge on any atom is -0.440 e. The van der Waals surface area contributed by atoms with Crippen LogP contribution in [0.15, 0.2) is 52.9 Å². The molecule has 0 bridgehead atoms. The minimum absolute atomic E-state index is 0.0439. The molecule has 2 atom stereocenters. The van der Waals surface area contributed by atoms with Crippen molar-refractivity contribution < 1.29 is 14.0 Å². The first-order valence-electron chi connectivity index (χ1n) is 12.0. The van der Waals surface area contributed by atoms with Gasteiger partial charge in [-0.15, -0.1) is 0 Å². The molecule has 1 saturated heterocycles. The van der Waals surface area contributed by atoms with Crippen molar-refractivity contribution in [2.24, 2.45) is 5.92 Å². The van der Waals surface area contributed by atoms with E-state index in [0.717, 1.165) is 35.1 Å². The van der Waals surface area contributed by atoms with Crippen LogP contribution in [0.2, 0.25) is 0 Å². The molecule has 0 spiro atoms. The number of carbonyl (C=O) groups is 2. The lowest BCUT2D eigenvalue weighted by Crippen LogP contribution is -2.55. The number of rotatable bonds is 4. The molecular weight excluding hydrogens is 414 g/mol. The molecule has 6 nitrogen and oxygen atoms in total. The number of piperidine rings is 1. The number of hydrogen-bond acceptors (Lipinski definition) is 4. The first-order valence-corrected chi connectivity index (χ1v) is 12.0. The van der Waals surface area contributed by atoms with Gasteiger partial charge in [0.25, 0.3) is 0 Å². The van der Waals surface area contributed by atoms with Gasteiger partial charge in [-0.25, -0.2) is 4.98 Å². The van der Waals surface area contributed by atoms with Crippen LogP contribution in [0, 0.1) is 5.92 Å². The second kappa shape index (κ2) is 9.00. The number of amides is 2. The molecule has 0 saturated carbocycles. The minimum atomic E-state index is -0.450. The molecule has 2 unspecified atom stereocenters. The van der Waals surface area contributed by atoms with E-state index in [2.05, 4.69) is 17.1 Å². The average molecular weight is 446 g/mol. The lowest BCUT2D eigenvalue weighted by molar-refractivity contribution is -0.148. The lowest BCUT2D eigenvalue weighted by atomic mass is 9.91. The molecule has 5 rings (SSSR count). The van der Waals surface area contributed by atoms with E-state index < -0.39 is 6.04 Å². The van der Waals surface area contributed by atoms with Gasteiger partial charge in [0.15, 0.2) is 11.5 Å². The number of para-hydroxylation sites is 2. The number of nitrogens with zero attached hydrogens (tertiary/aromatic N) is 3. The fourth-order valence-corrected chi connectivity index (χ4v) is 5.13. The van der Waals surface area contributed by atoms with Crippen LogP contribution in [0.4, 0.5) is 0 Å². The molecule has 3 aromatic rings. The normalized spacial score (nSPS) is 20.8. The van der Waals surface area contributed by atoms with E-state index in [0.29, 0.717) is 38.4 Å². The highest BCUT2D eigenvalue weighted by molar-refractivity contribution is 5.88. The second-order valence-corrected chi connectivity index (χ2v) is 9.75. The van der Waals surface area contributed by atoms with Crippen molar-refractivity contribution in [2.75, 3.05) is 13.1 Å². The van der Waals surface area contributed by atoms with Gasteiger partial charge in [-0.05, 0) is 42.0 Å². The van der Waals surface area contributed by atoms with Crippen LogP contribution in [-0.4, -0.2) is 45.7 Å². The summed E-state index contributed by atoms with van der Waals surface area (Å²) in [6, 6.07) is 15.5. The van der Waals surface area contributed by atoms with E-state index in [-0.39, 0.29) is 23.7 Å². The van der Waals surface area contributed by atoms with Gasteiger partial charge in [0.05, 0.1) is 5.92 Å². The lowest BCUT2D eigenvalue weighted by Gasteiger charge is -2.40. The first kappa shape index (κ1) is 21.7. The molecule has 2 aliphatic rings. The summed E-state index contributed by atoms with van der Waals surface area (Å²) in [7, 11) is 0. The highest BCUT2D eigenvalue weighted by Gasteiger charge is 2.38. The summed E-state index contributed by atoms with van der Waals surface area (Å²) >= 11 is 0. The SMILES string of the molecule is CC(C)CC(=O)N1Cc2ccccc2CC1C(=O)N1CCCC(c2nc3ccccc3o2)C1. The summed E-state index contributed by atoms with van der Waals surface area (Å²) in [6.07, 6.45) is 2.87. The van der Waals surface area contributed by atoms with Crippen LogP contribution in [-0.2, 0) is 22.6 Å². The Kier molecular flexibility index (Phi) is 5.92. The number of fused-ring (bicyclic) bond motifs is 2. The van der Waals surface area contributed by atoms with Crippen molar-refractivity contribution in [1.82, 2.24) is 14.8 Å². The largest absolute Gasteiger partial charge is 0.440 e. The highest BCUT2D eigenvalue weighted by atomic mass is 16.3. The average Bonchev–Trinajstić information content (AvgIpc) is 3.27. The van der Waals surface area contributed by atoms with Gasteiger partial charge >= 0.3 is 0 Å². The predicted molar refractivity (Wildman–Crippen MR) is 127 cm³/mol. The van der Waals surface area contributed by atoms with Gasteiger partial charge in [-0.1, -0.05) is 50.2 Å². The predicted octanol–water partition coefficient (Wildman–Crippen LogP) is 4.53. The van der Waals surface area contributed by atoms with E-state index in [4.69, 9.17) is 4.42 Å². The molecule has 2 aliphatic heterocycles. The quantitative estimate of drug-likeness (QED) is 0.592. The summed E-state index contributed by atoms with van der Waals surface area (Å²) in [6.45, 7) is 5.88. The highest BCUT2D eigenvalue weighted by Crippen LogP contribution is 2.31. The molecule has 0 aliphatic carbocycles. The third kappa shape index (κ3) is 4.39. The van der Waals surface area contributed by atoms with Crippen molar-refractivity contribution >= 4 is 22.9 Å². The number of likely N-dealkylation sites (tertiary alicyclic amines) is 1. The van der Waals surface area contributed by atoms with Crippen molar-refractivity contribution in [2.45, 2.75) is 58.0 Å². The van der Waals surface area contributed by atoms with Crippen LogP contribution >= 0.6 is 0 Å². The zero-order chi connectivity index (χ0) is 22.9. The monoisotopic (exact) mass is 445 g/mol. The van der Waals surface area contributed by atoms with Crippen molar-refractivity contribution in [3.05, 3.63) is 65.5 Å². The molecule has 2 amide bonds. The molecule has 1 fully saturated rings. The van der Waals surface area contributed by atoms with Crippen molar-refractivity contribution in [1.29, 1.82) is 0 Å². The number of carbonyl (C=O) groups excluding carboxylic acids is 2. The van der Waals surface area contributed by atoms with E-state index in [9.17, 15) is 9.59 Å². The Labute approximate surface area is 194 Å². The molecule has 2 aromatic carbocycles. The molecule has 0 radical (unpaired) electrons. The maximum absolute atomic E-state index is 13.8. The molecule has 0 N–H and O–H groups in total. The maximum Gasteiger partial charge on any atom is 0.245 e.